The number of rotatable bonds is 3. The van der Waals surface area contributed by atoms with Crippen molar-refractivity contribution in [3.05, 3.63) is 64.2 Å². The van der Waals surface area contributed by atoms with Crippen LogP contribution in [0.2, 0.25) is 0 Å². The largest absolute Gasteiger partial charge is 0.298 e. The number of benzene rings is 2. The first kappa shape index (κ1) is 13.2. The maximum atomic E-state index is 12.0. The molecule has 0 aliphatic heterocycles. The molecule has 104 valence electrons. The monoisotopic (exact) mass is 299 g/mol. The summed E-state index contributed by atoms with van der Waals surface area (Å²) in [5.74, 6) is -0.294. The number of amides is 1. The van der Waals surface area contributed by atoms with Gasteiger partial charge in [0.1, 0.15) is 4.70 Å². The third-order valence-electron chi connectivity index (χ3n) is 2.85. The number of fused-ring (bicyclic) bond motifs is 1. The van der Waals surface area contributed by atoms with E-state index in [0.717, 1.165) is 11.3 Å². The maximum Gasteiger partial charge on any atom is 0.288 e. The lowest BCUT2D eigenvalue weighted by Crippen LogP contribution is -2.11. The lowest BCUT2D eigenvalue weighted by molar-refractivity contribution is -0.382. The van der Waals surface area contributed by atoms with Gasteiger partial charge in [-0.25, -0.2) is 4.98 Å². The number of nitrogens with one attached hydrogen (secondary N) is 1. The van der Waals surface area contributed by atoms with Crippen LogP contribution in [-0.2, 0) is 0 Å². The Morgan fingerprint density at radius 1 is 1.14 bits per heavy atom. The van der Waals surface area contributed by atoms with Crippen LogP contribution in [0.1, 0.15) is 10.4 Å². The van der Waals surface area contributed by atoms with Crippen LogP contribution in [0.15, 0.2) is 48.5 Å². The smallest absolute Gasteiger partial charge is 0.288 e. The maximum absolute atomic E-state index is 12.0. The van der Waals surface area contributed by atoms with Gasteiger partial charge in [-0.2, -0.15) is 0 Å². The minimum absolute atomic E-state index is 0.00906. The molecule has 0 fully saturated rings. The van der Waals surface area contributed by atoms with E-state index < -0.39 is 4.92 Å². The lowest BCUT2D eigenvalue weighted by Gasteiger charge is -2.00. The highest BCUT2D eigenvalue weighted by Gasteiger charge is 2.17. The van der Waals surface area contributed by atoms with Crippen LogP contribution in [0.5, 0.6) is 0 Å². The molecule has 0 aliphatic carbocycles. The minimum atomic E-state index is -0.455. The molecule has 2 aromatic carbocycles. The van der Waals surface area contributed by atoms with Crippen LogP contribution in [-0.4, -0.2) is 15.8 Å². The van der Waals surface area contributed by atoms with E-state index >= 15 is 0 Å². The molecule has 21 heavy (non-hydrogen) atoms. The van der Waals surface area contributed by atoms with Gasteiger partial charge in [-0.1, -0.05) is 35.6 Å². The second-order valence-corrected chi connectivity index (χ2v) is 5.22. The topological polar surface area (TPSA) is 85.1 Å². The average molecular weight is 299 g/mol. The van der Waals surface area contributed by atoms with Crippen LogP contribution in [0.4, 0.5) is 10.8 Å². The Kier molecular flexibility index (Phi) is 3.33. The molecule has 0 spiro atoms. The highest BCUT2D eigenvalue weighted by molar-refractivity contribution is 7.22. The molecule has 0 radical (unpaired) electrons. The van der Waals surface area contributed by atoms with E-state index in [9.17, 15) is 14.9 Å². The van der Waals surface area contributed by atoms with E-state index in [0.29, 0.717) is 20.9 Å². The van der Waals surface area contributed by atoms with Crippen molar-refractivity contribution >= 4 is 38.3 Å². The Balaban J connectivity index is 1.94. The number of aromatic nitrogens is 1. The average Bonchev–Trinajstić information content (AvgIpc) is 2.89. The molecule has 3 rings (SSSR count). The number of hydrogen-bond acceptors (Lipinski definition) is 5. The van der Waals surface area contributed by atoms with Gasteiger partial charge < -0.3 is 0 Å². The van der Waals surface area contributed by atoms with Crippen LogP contribution >= 0.6 is 11.3 Å². The first-order valence-corrected chi connectivity index (χ1v) is 6.87. The fourth-order valence-electron chi connectivity index (χ4n) is 1.89. The summed E-state index contributed by atoms with van der Waals surface area (Å²) in [6.07, 6.45) is 0. The van der Waals surface area contributed by atoms with Crippen LogP contribution in [0.3, 0.4) is 0 Å². The van der Waals surface area contributed by atoms with Crippen molar-refractivity contribution < 1.29 is 9.72 Å². The Bertz CT molecular complexity index is 830. The Hall–Kier alpha value is -2.80. The summed E-state index contributed by atoms with van der Waals surface area (Å²) in [5.41, 5.74) is 0.994. The Morgan fingerprint density at radius 2 is 1.90 bits per heavy atom. The van der Waals surface area contributed by atoms with Crippen molar-refractivity contribution in [3.63, 3.8) is 0 Å². The van der Waals surface area contributed by atoms with Gasteiger partial charge in [-0.15, -0.1) is 0 Å². The van der Waals surface area contributed by atoms with Crippen LogP contribution in [0, 0.1) is 10.1 Å². The van der Waals surface area contributed by atoms with Gasteiger partial charge in [0.15, 0.2) is 5.13 Å². The van der Waals surface area contributed by atoms with Crippen molar-refractivity contribution in [2.24, 2.45) is 0 Å². The van der Waals surface area contributed by atoms with E-state index in [2.05, 4.69) is 10.3 Å². The zero-order chi connectivity index (χ0) is 14.8. The van der Waals surface area contributed by atoms with Gasteiger partial charge in [-0.05, 0) is 18.2 Å². The van der Waals surface area contributed by atoms with Gasteiger partial charge in [0.25, 0.3) is 11.6 Å². The summed E-state index contributed by atoms with van der Waals surface area (Å²) >= 11 is 1.09. The number of nitro groups is 1. The van der Waals surface area contributed by atoms with E-state index in [4.69, 9.17) is 0 Å². The fraction of sp³-hybridized carbons (Fsp3) is 0. The Morgan fingerprint density at radius 3 is 2.62 bits per heavy atom. The quantitative estimate of drug-likeness (QED) is 0.593. The lowest BCUT2D eigenvalue weighted by atomic mass is 10.2. The van der Waals surface area contributed by atoms with Crippen molar-refractivity contribution in [2.45, 2.75) is 0 Å². The summed E-state index contributed by atoms with van der Waals surface area (Å²) in [5, 5.41) is 14.0. The zero-order valence-corrected chi connectivity index (χ0v) is 11.5. The van der Waals surface area contributed by atoms with Crippen molar-refractivity contribution in [1.29, 1.82) is 0 Å². The third-order valence-corrected chi connectivity index (χ3v) is 3.86. The highest BCUT2D eigenvalue weighted by atomic mass is 32.1. The highest BCUT2D eigenvalue weighted by Crippen LogP contribution is 2.33. The first-order chi connectivity index (χ1) is 10.1. The summed E-state index contributed by atoms with van der Waals surface area (Å²) in [6, 6.07) is 13.4. The number of anilines is 1. The van der Waals surface area contributed by atoms with Gasteiger partial charge >= 0.3 is 0 Å². The molecular formula is C14H9N3O3S. The summed E-state index contributed by atoms with van der Waals surface area (Å²) in [6.45, 7) is 0. The van der Waals surface area contributed by atoms with Gasteiger partial charge in [0.05, 0.1) is 10.4 Å². The molecule has 0 unspecified atom stereocenters. The van der Waals surface area contributed by atoms with E-state index in [1.165, 1.54) is 6.07 Å². The molecule has 3 aromatic rings. The summed E-state index contributed by atoms with van der Waals surface area (Å²) in [4.78, 5) is 26.7. The Labute approximate surface area is 123 Å². The molecule has 1 amide bonds. The van der Waals surface area contributed by atoms with Crippen LogP contribution in [0.25, 0.3) is 10.2 Å². The predicted octanol–water partition coefficient (Wildman–Crippen LogP) is 3.46. The SMILES string of the molecule is O=C(Nc1nc2cccc([N+](=O)[O-])c2s1)c1ccccc1. The number of hydrogen-bond donors (Lipinski definition) is 1. The normalized spacial score (nSPS) is 10.5. The number of thiazole rings is 1. The molecule has 0 atom stereocenters. The van der Waals surface area contributed by atoms with E-state index in [1.54, 1.807) is 36.4 Å². The number of nitrogens with zero attached hydrogens (tertiary/aromatic N) is 2. The van der Waals surface area contributed by atoms with Crippen molar-refractivity contribution in [2.75, 3.05) is 5.32 Å². The molecular weight excluding hydrogens is 290 g/mol. The predicted molar refractivity (Wildman–Crippen MR) is 80.7 cm³/mol. The van der Waals surface area contributed by atoms with E-state index in [1.807, 2.05) is 6.07 Å². The van der Waals surface area contributed by atoms with E-state index in [-0.39, 0.29) is 11.6 Å². The molecule has 1 N–H and O–H groups in total. The third kappa shape index (κ3) is 2.59. The molecule has 0 saturated carbocycles. The molecule has 7 heteroatoms. The second kappa shape index (κ2) is 5.29. The van der Waals surface area contributed by atoms with Crippen LogP contribution < -0.4 is 5.32 Å². The first-order valence-electron chi connectivity index (χ1n) is 6.05. The molecule has 1 heterocycles. The second-order valence-electron chi connectivity index (χ2n) is 4.22. The summed E-state index contributed by atoms with van der Waals surface area (Å²) < 4.78 is 0.450. The van der Waals surface area contributed by atoms with Gasteiger partial charge in [0.2, 0.25) is 0 Å². The van der Waals surface area contributed by atoms with Crippen molar-refractivity contribution in [1.82, 2.24) is 4.98 Å². The van der Waals surface area contributed by atoms with Gasteiger partial charge in [-0.3, -0.25) is 20.2 Å². The number of carbonyl (C=O) groups is 1. The molecule has 6 nitrogen and oxygen atoms in total. The minimum Gasteiger partial charge on any atom is -0.298 e. The molecule has 0 saturated heterocycles. The number of nitro benzene ring substituents is 1. The summed E-state index contributed by atoms with van der Waals surface area (Å²) in [7, 11) is 0. The van der Waals surface area contributed by atoms with Crippen molar-refractivity contribution in [3.8, 4) is 0 Å². The molecule has 1 aromatic heterocycles. The molecule has 0 bridgehead atoms. The number of carbonyl (C=O) groups excluding carboxylic acids is 1. The standard InChI is InChI=1S/C14H9N3O3S/c18-13(9-5-2-1-3-6-9)16-14-15-10-7-4-8-11(17(19)20)12(10)21-14/h1-8H,(H,15,16,18). The number of non-ortho nitro benzene ring substituents is 1. The zero-order valence-electron chi connectivity index (χ0n) is 10.6. The fourth-order valence-corrected chi connectivity index (χ4v) is 2.84. The molecule has 0 aliphatic rings. The van der Waals surface area contributed by atoms with Gasteiger partial charge in [0, 0.05) is 11.6 Å².